The Bertz CT molecular complexity index is 626. The molecule has 7 heteroatoms. The average molecular weight is 345 g/mol. The van der Waals surface area contributed by atoms with Gasteiger partial charge in [-0.05, 0) is 12.8 Å². The monoisotopic (exact) mass is 345 g/mol. The SMILES string of the molecule is COc1ncc2c(n1)CCN(CC(=O)N1CCN(C3CCC3)CC1)C2. The molecule has 0 radical (unpaired) electrons. The first kappa shape index (κ1) is 16.7. The molecule has 0 atom stereocenters. The van der Waals surface area contributed by atoms with Gasteiger partial charge in [-0.3, -0.25) is 14.6 Å². The van der Waals surface area contributed by atoms with Crippen LogP contribution in [0.2, 0.25) is 0 Å². The number of methoxy groups -OCH3 is 1. The Balaban J connectivity index is 1.28. The Hall–Kier alpha value is -1.73. The predicted octanol–water partition coefficient (Wildman–Crippen LogP) is 0.540. The van der Waals surface area contributed by atoms with Crippen LogP contribution in [0.15, 0.2) is 6.20 Å². The second-order valence-electron chi connectivity index (χ2n) is 7.29. The Morgan fingerprint density at radius 3 is 2.72 bits per heavy atom. The quantitative estimate of drug-likeness (QED) is 0.794. The molecule has 2 fully saturated rings. The van der Waals surface area contributed by atoms with Crippen molar-refractivity contribution >= 4 is 5.91 Å². The maximum atomic E-state index is 12.7. The van der Waals surface area contributed by atoms with Crippen LogP contribution in [-0.4, -0.2) is 83.0 Å². The molecule has 0 N–H and O–H groups in total. The lowest BCUT2D eigenvalue weighted by Crippen LogP contribution is -2.55. The fourth-order valence-corrected chi connectivity index (χ4v) is 3.97. The number of nitrogens with zero attached hydrogens (tertiary/aromatic N) is 5. The number of carbonyl (C=O) groups excluding carboxylic acids is 1. The van der Waals surface area contributed by atoms with Gasteiger partial charge in [0.25, 0.3) is 0 Å². The van der Waals surface area contributed by atoms with Gasteiger partial charge in [0, 0.05) is 63.5 Å². The number of ether oxygens (including phenoxy) is 1. The molecule has 0 aromatic carbocycles. The minimum Gasteiger partial charge on any atom is -0.467 e. The first-order chi connectivity index (χ1) is 12.2. The van der Waals surface area contributed by atoms with Crippen molar-refractivity contribution in [2.45, 2.75) is 38.3 Å². The second kappa shape index (κ2) is 7.25. The fourth-order valence-electron chi connectivity index (χ4n) is 3.97. The van der Waals surface area contributed by atoms with Crippen molar-refractivity contribution in [1.82, 2.24) is 24.7 Å². The molecule has 1 aromatic heterocycles. The summed E-state index contributed by atoms with van der Waals surface area (Å²) in [6, 6.07) is 1.21. The van der Waals surface area contributed by atoms with E-state index in [1.165, 1.54) is 19.3 Å². The molecule has 136 valence electrons. The van der Waals surface area contributed by atoms with Crippen molar-refractivity contribution in [2.24, 2.45) is 0 Å². The molecule has 1 saturated heterocycles. The summed E-state index contributed by atoms with van der Waals surface area (Å²) in [5.41, 5.74) is 2.15. The summed E-state index contributed by atoms with van der Waals surface area (Å²) >= 11 is 0. The van der Waals surface area contributed by atoms with Gasteiger partial charge >= 0.3 is 6.01 Å². The highest BCUT2D eigenvalue weighted by Crippen LogP contribution is 2.25. The molecule has 0 spiro atoms. The van der Waals surface area contributed by atoms with Gasteiger partial charge in [-0.2, -0.15) is 4.98 Å². The minimum absolute atomic E-state index is 0.256. The summed E-state index contributed by atoms with van der Waals surface area (Å²) in [5.74, 6) is 0.256. The molecule has 1 aromatic rings. The van der Waals surface area contributed by atoms with Gasteiger partial charge in [0.05, 0.1) is 19.3 Å². The normalized spacial score (nSPS) is 22.4. The van der Waals surface area contributed by atoms with Gasteiger partial charge in [0.15, 0.2) is 0 Å². The van der Waals surface area contributed by atoms with Crippen LogP contribution >= 0.6 is 0 Å². The van der Waals surface area contributed by atoms with Crippen molar-refractivity contribution in [3.8, 4) is 6.01 Å². The number of aromatic nitrogens is 2. The molecule has 3 heterocycles. The van der Waals surface area contributed by atoms with Crippen LogP contribution in [0.25, 0.3) is 0 Å². The first-order valence-electron chi connectivity index (χ1n) is 9.36. The summed E-state index contributed by atoms with van der Waals surface area (Å²) in [6.45, 7) is 5.92. The van der Waals surface area contributed by atoms with Crippen molar-refractivity contribution in [3.63, 3.8) is 0 Å². The molecule has 25 heavy (non-hydrogen) atoms. The van der Waals surface area contributed by atoms with E-state index in [4.69, 9.17) is 4.74 Å². The van der Waals surface area contributed by atoms with Gasteiger partial charge in [-0.1, -0.05) is 6.42 Å². The van der Waals surface area contributed by atoms with E-state index in [9.17, 15) is 4.79 Å². The third-order valence-corrected chi connectivity index (χ3v) is 5.79. The van der Waals surface area contributed by atoms with Crippen LogP contribution in [0, 0.1) is 0 Å². The minimum atomic E-state index is 0.256. The lowest BCUT2D eigenvalue weighted by atomic mass is 9.91. The predicted molar refractivity (Wildman–Crippen MR) is 93.4 cm³/mol. The third kappa shape index (κ3) is 3.62. The van der Waals surface area contributed by atoms with Gasteiger partial charge in [-0.25, -0.2) is 4.98 Å². The van der Waals surface area contributed by atoms with E-state index in [1.807, 2.05) is 11.1 Å². The lowest BCUT2D eigenvalue weighted by Gasteiger charge is -2.43. The Morgan fingerprint density at radius 2 is 2.04 bits per heavy atom. The Labute approximate surface area is 149 Å². The molecule has 3 aliphatic rings. The third-order valence-electron chi connectivity index (χ3n) is 5.79. The van der Waals surface area contributed by atoms with E-state index in [1.54, 1.807) is 7.11 Å². The molecule has 7 nitrogen and oxygen atoms in total. The number of piperazine rings is 1. The highest BCUT2D eigenvalue weighted by atomic mass is 16.5. The molecule has 1 aliphatic carbocycles. The van der Waals surface area contributed by atoms with Crippen molar-refractivity contribution in [1.29, 1.82) is 0 Å². The smallest absolute Gasteiger partial charge is 0.316 e. The van der Waals surface area contributed by atoms with Crippen molar-refractivity contribution in [3.05, 3.63) is 17.5 Å². The number of rotatable bonds is 4. The zero-order chi connectivity index (χ0) is 17.2. The van der Waals surface area contributed by atoms with Crippen LogP contribution in [0.5, 0.6) is 6.01 Å². The van der Waals surface area contributed by atoms with Crippen molar-refractivity contribution in [2.75, 3.05) is 46.4 Å². The van der Waals surface area contributed by atoms with E-state index in [2.05, 4.69) is 19.8 Å². The van der Waals surface area contributed by atoms with Crippen LogP contribution in [0.1, 0.15) is 30.5 Å². The summed E-state index contributed by atoms with van der Waals surface area (Å²) in [5, 5.41) is 0. The molecule has 0 unspecified atom stereocenters. The highest BCUT2D eigenvalue weighted by Gasteiger charge is 2.30. The number of fused-ring (bicyclic) bond motifs is 1. The van der Waals surface area contributed by atoms with Crippen LogP contribution in [-0.2, 0) is 17.8 Å². The zero-order valence-electron chi connectivity index (χ0n) is 15.0. The van der Waals surface area contributed by atoms with E-state index in [0.717, 1.165) is 63.0 Å². The molecule has 4 rings (SSSR count). The van der Waals surface area contributed by atoms with E-state index < -0.39 is 0 Å². The lowest BCUT2D eigenvalue weighted by molar-refractivity contribution is -0.135. The average Bonchev–Trinajstić information content (AvgIpc) is 2.60. The Kier molecular flexibility index (Phi) is 4.85. The second-order valence-corrected chi connectivity index (χ2v) is 7.29. The molecule has 0 bridgehead atoms. The Morgan fingerprint density at radius 1 is 1.24 bits per heavy atom. The van der Waals surface area contributed by atoms with Crippen LogP contribution in [0.3, 0.4) is 0 Å². The standard InChI is InChI=1S/C18H27N5O2/c1-25-18-19-11-14-12-21(6-5-16(14)20-18)13-17(24)23-9-7-22(8-10-23)15-3-2-4-15/h11,15H,2-10,12-13H2,1H3. The summed E-state index contributed by atoms with van der Waals surface area (Å²) < 4.78 is 5.09. The maximum absolute atomic E-state index is 12.7. The molecule has 1 amide bonds. The summed E-state index contributed by atoms with van der Waals surface area (Å²) in [6.07, 6.45) is 6.73. The van der Waals surface area contributed by atoms with E-state index in [0.29, 0.717) is 12.6 Å². The molecular weight excluding hydrogens is 318 g/mol. The number of hydrogen-bond acceptors (Lipinski definition) is 6. The summed E-state index contributed by atoms with van der Waals surface area (Å²) in [7, 11) is 1.58. The van der Waals surface area contributed by atoms with Crippen LogP contribution < -0.4 is 4.74 Å². The van der Waals surface area contributed by atoms with E-state index in [-0.39, 0.29) is 5.91 Å². The van der Waals surface area contributed by atoms with Crippen molar-refractivity contribution < 1.29 is 9.53 Å². The van der Waals surface area contributed by atoms with Crippen LogP contribution in [0.4, 0.5) is 0 Å². The number of amides is 1. The molecule has 1 saturated carbocycles. The summed E-state index contributed by atoms with van der Waals surface area (Å²) in [4.78, 5) is 28.1. The topological polar surface area (TPSA) is 61.8 Å². The number of hydrogen-bond donors (Lipinski definition) is 0. The largest absolute Gasteiger partial charge is 0.467 e. The van der Waals surface area contributed by atoms with Gasteiger partial charge in [0.1, 0.15) is 0 Å². The number of carbonyl (C=O) groups is 1. The van der Waals surface area contributed by atoms with Gasteiger partial charge in [-0.15, -0.1) is 0 Å². The fraction of sp³-hybridized carbons (Fsp3) is 0.722. The van der Waals surface area contributed by atoms with E-state index >= 15 is 0 Å². The first-order valence-corrected chi connectivity index (χ1v) is 9.36. The molecule has 2 aliphatic heterocycles. The highest BCUT2D eigenvalue weighted by molar-refractivity contribution is 5.78. The molecular formula is C18H27N5O2. The maximum Gasteiger partial charge on any atom is 0.316 e. The zero-order valence-corrected chi connectivity index (χ0v) is 15.0. The van der Waals surface area contributed by atoms with Gasteiger partial charge in [0.2, 0.25) is 5.91 Å². The van der Waals surface area contributed by atoms with Gasteiger partial charge < -0.3 is 9.64 Å².